The fourth-order valence-electron chi connectivity index (χ4n) is 2.99. The second-order valence-electron chi connectivity index (χ2n) is 6.91. The third-order valence-corrected chi connectivity index (χ3v) is 4.40. The molecule has 1 aliphatic carbocycles. The Morgan fingerprint density at radius 3 is 2.80 bits per heavy atom. The highest BCUT2D eigenvalue weighted by Crippen LogP contribution is 2.29. The predicted molar refractivity (Wildman–Crippen MR) is 96.5 cm³/mol. The maximum atomic E-state index is 12.1. The number of benzene rings is 1. The summed E-state index contributed by atoms with van der Waals surface area (Å²) in [7, 11) is 0. The molecule has 1 aromatic carbocycles. The van der Waals surface area contributed by atoms with Crippen LogP contribution in [0.15, 0.2) is 36.4 Å². The number of anilines is 1. The zero-order chi connectivity index (χ0) is 17.8. The summed E-state index contributed by atoms with van der Waals surface area (Å²) in [5.74, 6) is -0.616. The zero-order valence-corrected chi connectivity index (χ0v) is 14.6. The fraction of sp³-hybridized carbons (Fsp3) is 0.474. The number of hydrogen-bond acceptors (Lipinski definition) is 4. The Morgan fingerprint density at radius 2 is 2.08 bits per heavy atom. The van der Waals surface area contributed by atoms with Crippen molar-refractivity contribution >= 4 is 17.5 Å². The van der Waals surface area contributed by atoms with Gasteiger partial charge in [-0.3, -0.25) is 14.5 Å². The van der Waals surface area contributed by atoms with Crippen molar-refractivity contribution in [2.75, 3.05) is 25.0 Å². The summed E-state index contributed by atoms with van der Waals surface area (Å²) in [6.45, 7) is 7.91. The molecule has 6 heteroatoms. The highest BCUT2D eigenvalue weighted by atomic mass is 16.5. The quantitative estimate of drug-likeness (QED) is 0.612. The molecule has 2 N–H and O–H groups in total. The first-order chi connectivity index (χ1) is 12.0. The van der Waals surface area contributed by atoms with E-state index >= 15 is 0 Å². The first-order valence-electron chi connectivity index (χ1n) is 8.74. The van der Waals surface area contributed by atoms with Crippen LogP contribution in [0.5, 0.6) is 5.75 Å². The molecule has 0 bridgehead atoms. The van der Waals surface area contributed by atoms with Crippen molar-refractivity contribution in [1.82, 2.24) is 10.2 Å². The van der Waals surface area contributed by atoms with Crippen molar-refractivity contribution < 1.29 is 14.3 Å². The lowest BCUT2D eigenvalue weighted by atomic mass is 10.2. The molecule has 1 aliphatic heterocycles. The minimum Gasteiger partial charge on any atom is -0.489 e. The highest BCUT2D eigenvalue weighted by Gasteiger charge is 2.35. The summed E-state index contributed by atoms with van der Waals surface area (Å²) in [4.78, 5) is 26.6. The molecule has 0 aromatic heterocycles. The fourth-order valence-corrected chi connectivity index (χ4v) is 2.99. The molecule has 6 nitrogen and oxygen atoms in total. The molecule has 25 heavy (non-hydrogen) atoms. The van der Waals surface area contributed by atoms with Crippen molar-refractivity contribution in [2.24, 2.45) is 0 Å². The van der Waals surface area contributed by atoms with Crippen LogP contribution >= 0.6 is 0 Å². The molecule has 1 aromatic rings. The molecule has 0 unspecified atom stereocenters. The van der Waals surface area contributed by atoms with Crippen LogP contribution in [0, 0.1) is 0 Å². The van der Waals surface area contributed by atoms with E-state index in [1.165, 1.54) is 12.8 Å². The van der Waals surface area contributed by atoms with Gasteiger partial charge in [0.1, 0.15) is 12.4 Å². The van der Waals surface area contributed by atoms with E-state index in [9.17, 15) is 9.59 Å². The first kappa shape index (κ1) is 17.5. The summed E-state index contributed by atoms with van der Waals surface area (Å²) in [6, 6.07) is 7.73. The summed E-state index contributed by atoms with van der Waals surface area (Å²) in [5.41, 5.74) is 1.44. The van der Waals surface area contributed by atoms with Crippen molar-refractivity contribution in [1.29, 1.82) is 0 Å². The summed E-state index contributed by atoms with van der Waals surface area (Å²) < 4.78 is 5.54. The van der Waals surface area contributed by atoms with E-state index in [-0.39, 0.29) is 6.04 Å². The van der Waals surface area contributed by atoms with E-state index in [1.54, 1.807) is 24.3 Å². The van der Waals surface area contributed by atoms with Crippen LogP contribution in [-0.4, -0.2) is 48.5 Å². The Morgan fingerprint density at radius 1 is 1.28 bits per heavy atom. The van der Waals surface area contributed by atoms with Crippen LogP contribution in [0.25, 0.3) is 0 Å². The van der Waals surface area contributed by atoms with Gasteiger partial charge in [0, 0.05) is 36.9 Å². The van der Waals surface area contributed by atoms with Crippen molar-refractivity contribution in [2.45, 2.75) is 38.3 Å². The van der Waals surface area contributed by atoms with Crippen LogP contribution < -0.4 is 15.4 Å². The number of carbonyl (C=O) groups is 2. The van der Waals surface area contributed by atoms with Crippen LogP contribution in [0.4, 0.5) is 5.69 Å². The normalized spacial score (nSPS) is 20.1. The molecule has 2 amide bonds. The van der Waals surface area contributed by atoms with Crippen LogP contribution in [0.2, 0.25) is 0 Å². The number of likely N-dealkylation sites (tertiary alicyclic amines) is 1. The Balaban J connectivity index is 1.48. The molecule has 3 rings (SSSR count). The second kappa shape index (κ2) is 7.70. The maximum Gasteiger partial charge on any atom is 0.313 e. The van der Waals surface area contributed by atoms with Gasteiger partial charge < -0.3 is 15.4 Å². The average molecular weight is 343 g/mol. The van der Waals surface area contributed by atoms with Crippen molar-refractivity contribution in [3.63, 3.8) is 0 Å². The van der Waals surface area contributed by atoms with Gasteiger partial charge >= 0.3 is 11.8 Å². The molecule has 1 heterocycles. The van der Waals surface area contributed by atoms with Crippen molar-refractivity contribution in [3.8, 4) is 5.75 Å². The molecular weight excluding hydrogens is 318 g/mol. The number of amides is 2. The van der Waals surface area contributed by atoms with Crippen LogP contribution in [0.1, 0.15) is 26.2 Å². The van der Waals surface area contributed by atoms with Gasteiger partial charge in [0.05, 0.1) is 0 Å². The summed E-state index contributed by atoms with van der Waals surface area (Å²) in [6.07, 6.45) is 3.41. The van der Waals surface area contributed by atoms with E-state index in [0.29, 0.717) is 24.1 Å². The third-order valence-electron chi connectivity index (χ3n) is 4.40. The van der Waals surface area contributed by atoms with Gasteiger partial charge in [-0.1, -0.05) is 12.6 Å². The van der Waals surface area contributed by atoms with E-state index < -0.39 is 11.8 Å². The van der Waals surface area contributed by atoms with E-state index in [1.807, 2.05) is 6.92 Å². The van der Waals surface area contributed by atoms with E-state index in [4.69, 9.17) is 4.74 Å². The van der Waals surface area contributed by atoms with Crippen LogP contribution in [-0.2, 0) is 9.59 Å². The van der Waals surface area contributed by atoms with Gasteiger partial charge in [-0.05, 0) is 43.9 Å². The lowest BCUT2D eigenvalue weighted by Crippen LogP contribution is -2.43. The largest absolute Gasteiger partial charge is 0.489 e. The zero-order valence-electron chi connectivity index (χ0n) is 14.6. The van der Waals surface area contributed by atoms with Crippen molar-refractivity contribution in [3.05, 3.63) is 36.4 Å². The average Bonchev–Trinajstić information content (AvgIpc) is 3.33. The summed E-state index contributed by atoms with van der Waals surface area (Å²) >= 11 is 0. The molecule has 134 valence electrons. The van der Waals surface area contributed by atoms with Gasteiger partial charge in [-0.25, -0.2) is 0 Å². The smallest absolute Gasteiger partial charge is 0.313 e. The number of ether oxygens (including phenoxy) is 1. The standard InChI is InChI=1S/C19H25N3O3/c1-13(2)12-25-17-5-3-4-14(10-17)20-18(23)19(24)21-15-8-9-22(11-15)16-6-7-16/h3-5,10,15-16H,1,6-9,11-12H2,2H3,(H,20,23)(H,21,24)/t15-/m0/s1. The Kier molecular flexibility index (Phi) is 5.38. The highest BCUT2D eigenvalue weighted by molar-refractivity contribution is 6.39. The number of hydrogen-bond donors (Lipinski definition) is 2. The van der Waals surface area contributed by atoms with Gasteiger partial charge in [-0.15, -0.1) is 0 Å². The molecule has 1 saturated heterocycles. The molecule has 0 radical (unpaired) electrons. The Bertz CT molecular complexity index is 670. The van der Waals surface area contributed by atoms with Gasteiger partial charge in [0.15, 0.2) is 0 Å². The lowest BCUT2D eigenvalue weighted by molar-refractivity contribution is -0.136. The molecule has 1 atom stereocenters. The van der Waals surface area contributed by atoms with E-state index in [2.05, 4.69) is 22.1 Å². The first-order valence-corrected chi connectivity index (χ1v) is 8.74. The van der Waals surface area contributed by atoms with Gasteiger partial charge in [-0.2, -0.15) is 0 Å². The minimum absolute atomic E-state index is 0.0593. The lowest BCUT2D eigenvalue weighted by Gasteiger charge is -2.15. The van der Waals surface area contributed by atoms with Gasteiger partial charge in [0.2, 0.25) is 0 Å². The summed E-state index contributed by atoms with van der Waals surface area (Å²) in [5, 5.41) is 5.45. The number of carbonyl (C=O) groups excluding carboxylic acids is 2. The maximum absolute atomic E-state index is 12.1. The number of nitrogens with one attached hydrogen (secondary N) is 2. The van der Waals surface area contributed by atoms with Crippen LogP contribution in [0.3, 0.4) is 0 Å². The predicted octanol–water partition coefficient (Wildman–Crippen LogP) is 1.93. The number of nitrogens with zero attached hydrogens (tertiary/aromatic N) is 1. The topological polar surface area (TPSA) is 70.7 Å². The van der Waals surface area contributed by atoms with E-state index in [0.717, 1.165) is 25.1 Å². The molecule has 2 fully saturated rings. The SMILES string of the molecule is C=C(C)COc1cccc(NC(=O)C(=O)N[C@H]2CCN(C3CC3)C2)c1. The minimum atomic E-state index is -0.651. The molecular formula is C19H25N3O3. The molecule has 2 aliphatic rings. The molecule has 0 spiro atoms. The van der Waals surface area contributed by atoms with Gasteiger partial charge in [0.25, 0.3) is 0 Å². The Hall–Kier alpha value is -2.34. The number of rotatable bonds is 6. The third kappa shape index (κ3) is 5.06. The monoisotopic (exact) mass is 343 g/mol. The second-order valence-corrected chi connectivity index (χ2v) is 6.91. The molecule has 1 saturated carbocycles. The Labute approximate surface area is 148 Å².